The highest BCUT2D eigenvalue weighted by Gasteiger charge is 2.81. The first-order valence-corrected chi connectivity index (χ1v) is 6.69. The Morgan fingerprint density at radius 3 is 1.68 bits per heavy atom. The molecule has 3 aliphatic rings. The average molecular weight is 248 g/mol. The lowest BCUT2D eigenvalue weighted by molar-refractivity contribution is -0.143. The fourth-order valence-corrected chi connectivity index (χ4v) is 4.83. The van der Waals surface area contributed by atoms with E-state index in [1.165, 1.54) is 22.3 Å². The van der Waals surface area contributed by atoms with Crippen LogP contribution in [0.2, 0.25) is 0 Å². The molecule has 2 atom stereocenters. The Balaban J connectivity index is 1.88. The number of benzene rings is 2. The van der Waals surface area contributed by atoms with Gasteiger partial charge >= 0.3 is 5.97 Å². The minimum Gasteiger partial charge on any atom is -0.481 e. The molecule has 1 N–H and O–H groups in total. The summed E-state index contributed by atoms with van der Waals surface area (Å²) in [6.07, 6.45) is 0. The summed E-state index contributed by atoms with van der Waals surface area (Å²) in [5.74, 6) is -0.172. The van der Waals surface area contributed by atoms with Crippen molar-refractivity contribution < 1.29 is 9.90 Å². The largest absolute Gasteiger partial charge is 0.481 e. The van der Waals surface area contributed by atoms with Crippen molar-refractivity contribution in [2.75, 3.05) is 0 Å². The molecule has 92 valence electrons. The lowest BCUT2D eigenvalue weighted by atomic mass is 9.85. The van der Waals surface area contributed by atoms with Crippen LogP contribution in [0.1, 0.15) is 40.0 Å². The summed E-state index contributed by atoms with van der Waals surface area (Å²) in [6, 6.07) is 16.5. The molecule has 2 aromatic rings. The molecular weight excluding hydrogens is 236 g/mol. The number of carboxylic acids is 1. The minimum atomic E-state index is -0.625. The van der Waals surface area contributed by atoms with E-state index >= 15 is 0 Å². The summed E-state index contributed by atoms with van der Waals surface area (Å²) in [4.78, 5) is 12.0. The summed E-state index contributed by atoms with van der Waals surface area (Å²) in [6.45, 7) is 0. The van der Waals surface area contributed by atoms with Crippen molar-refractivity contribution in [3.63, 3.8) is 0 Å². The first-order chi connectivity index (χ1) is 9.28. The van der Waals surface area contributed by atoms with Crippen molar-refractivity contribution >= 4 is 5.97 Å². The lowest BCUT2D eigenvalue weighted by Gasteiger charge is -2.17. The third-order valence-electron chi connectivity index (χ3n) is 5.39. The molecule has 1 fully saturated rings. The van der Waals surface area contributed by atoms with Gasteiger partial charge in [-0.3, -0.25) is 4.79 Å². The molecule has 0 aliphatic heterocycles. The molecule has 5 rings (SSSR count). The Kier molecular flexibility index (Phi) is 1.41. The molecule has 0 saturated heterocycles. The van der Waals surface area contributed by atoms with E-state index in [4.69, 9.17) is 0 Å². The van der Waals surface area contributed by atoms with E-state index < -0.39 is 11.4 Å². The zero-order valence-corrected chi connectivity index (χ0v) is 10.2. The summed E-state index contributed by atoms with van der Waals surface area (Å²) in [7, 11) is 0. The summed E-state index contributed by atoms with van der Waals surface area (Å²) >= 11 is 0. The lowest BCUT2D eigenvalue weighted by Crippen LogP contribution is -2.21. The smallest absolute Gasteiger partial charge is 0.311 e. The quantitative estimate of drug-likeness (QED) is 0.842. The minimum absolute atomic E-state index is 0.0624. The second kappa shape index (κ2) is 2.74. The van der Waals surface area contributed by atoms with E-state index in [1.807, 2.05) is 24.3 Å². The standard InChI is InChI=1S/C17H12O2/c18-16(19)17-13-9-5-1-3-7-11(9)14(17)15(17)12-8-4-2-6-10(12)13/h1-8,13-15H,(H,18,19)/t13?,14-,15-,17?/m0/s1. The average Bonchev–Trinajstić information content (AvgIpc) is 2.94. The second-order valence-corrected chi connectivity index (χ2v) is 5.88. The van der Waals surface area contributed by atoms with Crippen LogP contribution in [-0.4, -0.2) is 11.1 Å². The van der Waals surface area contributed by atoms with Crippen LogP contribution in [0.4, 0.5) is 0 Å². The van der Waals surface area contributed by atoms with Crippen LogP contribution in [0.5, 0.6) is 0 Å². The van der Waals surface area contributed by atoms with Crippen molar-refractivity contribution in [2.24, 2.45) is 5.41 Å². The van der Waals surface area contributed by atoms with Crippen LogP contribution in [0.25, 0.3) is 0 Å². The first kappa shape index (κ1) is 9.79. The molecule has 3 aliphatic carbocycles. The summed E-state index contributed by atoms with van der Waals surface area (Å²) in [5, 5.41) is 9.84. The zero-order chi connectivity index (χ0) is 12.8. The highest BCUT2D eigenvalue weighted by atomic mass is 16.4. The van der Waals surface area contributed by atoms with Crippen molar-refractivity contribution in [3.8, 4) is 0 Å². The van der Waals surface area contributed by atoms with Gasteiger partial charge in [0.2, 0.25) is 0 Å². The second-order valence-electron chi connectivity index (χ2n) is 5.88. The van der Waals surface area contributed by atoms with Crippen molar-refractivity contribution in [2.45, 2.75) is 17.8 Å². The van der Waals surface area contributed by atoms with Gasteiger partial charge in [0.15, 0.2) is 0 Å². The van der Waals surface area contributed by atoms with E-state index in [9.17, 15) is 9.90 Å². The van der Waals surface area contributed by atoms with Crippen LogP contribution < -0.4 is 0 Å². The zero-order valence-electron chi connectivity index (χ0n) is 10.2. The number of carboxylic acid groups (broad SMARTS) is 1. The molecule has 0 heterocycles. The van der Waals surface area contributed by atoms with Crippen molar-refractivity contribution in [1.29, 1.82) is 0 Å². The van der Waals surface area contributed by atoms with Gasteiger partial charge in [-0.1, -0.05) is 48.5 Å². The van der Waals surface area contributed by atoms with Gasteiger partial charge in [-0.15, -0.1) is 0 Å². The maximum atomic E-state index is 12.0. The van der Waals surface area contributed by atoms with Gasteiger partial charge in [-0.25, -0.2) is 0 Å². The molecule has 0 unspecified atom stereocenters. The van der Waals surface area contributed by atoms with Gasteiger partial charge in [-0.05, 0) is 22.3 Å². The monoisotopic (exact) mass is 248 g/mol. The molecule has 2 heteroatoms. The SMILES string of the molecule is O=C(O)C12C3c4ccccc4[C@H]1[C@@H]2c1ccccc13. The number of rotatable bonds is 1. The fourth-order valence-electron chi connectivity index (χ4n) is 4.83. The fraction of sp³-hybridized carbons (Fsp3) is 0.235. The van der Waals surface area contributed by atoms with E-state index in [2.05, 4.69) is 24.3 Å². The Morgan fingerprint density at radius 2 is 1.26 bits per heavy atom. The van der Waals surface area contributed by atoms with Gasteiger partial charge in [0.05, 0.1) is 5.41 Å². The summed E-state index contributed by atoms with van der Waals surface area (Å²) in [5.41, 5.74) is 4.41. The van der Waals surface area contributed by atoms with Gasteiger partial charge in [0.25, 0.3) is 0 Å². The normalized spacial score (nSPS) is 35.5. The predicted molar refractivity (Wildman–Crippen MR) is 70.3 cm³/mol. The van der Waals surface area contributed by atoms with Gasteiger partial charge in [-0.2, -0.15) is 0 Å². The van der Waals surface area contributed by atoms with Crippen LogP contribution in [0.3, 0.4) is 0 Å². The third kappa shape index (κ3) is 0.803. The molecule has 0 spiro atoms. The van der Waals surface area contributed by atoms with E-state index in [1.54, 1.807) is 0 Å². The highest BCUT2D eigenvalue weighted by Crippen LogP contribution is 2.85. The highest BCUT2D eigenvalue weighted by molar-refractivity contribution is 5.92. The number of carbonyl (C=O) groups is 1. The number of hydrogen-bond donors (Lipinski definition) is 1. The molecule has 0 aromatic heterocycles. The molecule has 0 amide bonds. The van der Waals surface area contributed by atoms with Gasteiger partial charge < -0.3 is 5.11 Å². The van der Waals surface area contributed by atoms with E-state index in [0.717, 1.165) is 0 Å². The van der Waals surface area contributed by atoms with E-state index in [0.29, 0.717) is 0 Å². The maximum Gasteiger partial charge on any atom is 0.311 e. The predicted octanol–water partition coefficient (Wildman–Crippen LogP) is 3.10. The van der Waals surface area contributed by atoms with Crippen LogP contribution in [0, 0.1) is 5.41 Å². The third-order valence-corrected chi connectivity index (χ3v) is 5.39. The Hall–Kier alpha value is -2.09. The van der Waals surface area contributed by atoms with Gasteiger partial charge in [0.1, 0.15) is 0 Å². The topological polar surface area (TPSA) is 37.3 Å². The van der Waals surface area contributed by atoms with Crippen molar-refractivity contribution in [3.05, 3.63) is 70.8 Å². The van der Waals surface area contributed by atoms with Crippen LogP contribution >= 0.6 is 0 Å². The molecule has 1 saturated carbocycles. The molecule has 2 nitrogen and oxygen atoms in total. The maximum absolute atomic E-state index is 12.0. The van der Waals surface area contributed by atoms with Gasteiger partial charge in [0, 0.05) is 17.8 Å². The Bertz CT molecular complexity index is 693. The molecule has 2 aromatic carbocycles. The first-order valence-electron chi connectivity index (χ1n) is 6.69. The van der Waals surface area contributed by atoms with Crippen LogP contribution in [-0.2, 0) is 4.79 Å². The van der Waals surface area contributed by atoms with Crippen LogP contribution in [0.15, 0.2) is 48.5 Å². The Morgan fingerprint density at radius 1 is 0.842 bits per heavy atom. The number of fused-ring (bicyclic) bond motifs is 7. The molecular formula is C17H12O2. The number of hydrogen-bond acceptors (Lipinski definition) is 1. The van der Waals surface area contributed by atoms with Crippen molar-refractivity contribution in [1.82, 2.24) is 0 Å². The number of aliphatic carboxylic acids is 1. The molecule has 0 radical (unpaired) electrons. The summed E-state index contributed by atoms with van der Waals surface area (Å²) < 4.78 is 0. The molecule has 0 bridgehead atoms. The Labute approximate surface area is 110 Å². The molecule has 19 heavy (non-hydrogen) atoms. The van der Waals surface area contributed by atoms with E-state index in [-0.39, 0.29) is 17.8 Å².